The van der Waals surface area contributed by atoms with Gasteiger partial charge in [0.2, 0.25) is 0 Å². The summed E-state index contributed by atoms with van der Waals surface area (Å²) in [5, 5.41) is 0. The summed E-state index contributed by atoms with van der Waals surface area (Å²) >= 11 is 0. The molecule has 6 rings (SSSR count). The van der Waals surface area contributed by atoms with Crippen LogP contribution in [-0.4, -0.2) is 23.0 Å². The van der Waals surface area contributed by atoms with E-state index in [1.807, 2.05) is 0 Å². The largest absolute Gasteiger partial charge is 0.471 e. The minimum Gasteiger partial charge on any atom is -0.471 e. The van der Waals surface area contributed by atoms with Crippen LogP contribution >= 0.6 is 0 Å². The number of hydrogen-bond donors (Lipinski definition) is 0. The maximum absolute atomic E-state index is 6.72. The van der Waals surface area contributed by atoms with E-state index in [0.717, 1.165) is 37.5 Å². The average Bonchev–Trinajstić information content (AvgIpc) is 3.38. The van der Waals surface area contributed by atoms with E-state index in [9.17, 15) is 0 Å². The molecule has 2 saturated carbocycles. The molecule has 2 spiro atoms. The van der Waals surface area contributed by atoms with Crippen molar-refractivity contribution in [2.75, 3.05) is 0 Å². The van der Waals surface area contributed by atoms with Gasteiger partial charge < -0.3 is 9.47 Å². The molecule has 2 heterocycles. The molecule has 0 unspecified atom stereocenters. The Morgan fingerprint density at radius 2 is 0.970 bits per heavy atom. The fraction of sp³-hybridized carbons (Fsp3) is 0.517. The number of aliphatic imine (C=N–C) groups is 2. The summed E-state index contributed by atoms with van der Waals surface area (Å²) in [6.07, 6.45) is 12.3. The Morgan fingerprint density at radius 3 is 1.36 bits per heavy atom. The van der Waals surface area contributed by atoms with E-state index in [0.29, 0.717) is 6.42 Å². The van der Waals surface area contributed by atoms with E-state index in [1.54, 1.807) is 0 Å². The summed E-state index contributed by atoms with van der Waals surface area (Å²) in [4.78, 5) is 10.3. The fourth-order valence-electron chi connectivity index (χ4n) is 6.53. The van der Waals surface area contributed by atoms with Crippen LogP contribution < -0.4 is 0 Å². The highest BCUT2D eigenvalue weighted by molar-refractivity contribution is 5.99. The van der Waals surface area contributed by atoms with Crippen molar-refractivity contribution in [3.05, 3.63) is 71.8 Å². The van der Waals surface area contributed by atoms with Crippen molar-refractivity contribution in [3.63, 3.8) is 0 Å². The highest BCUT2D eigenvalue weighted by atomic mass is 16.5. The molecule has 2 fully saturated rings. The summed E-state index contributed by atoms with van der Waals surface area (Å²) in [6, 6.07) is 21.5. The summed E-state index contributed by atoms with van der Waals surface area (Å²) in [5.41, 5.74) is 2.12. The van der Waals surface area contributed by atoms with E-state index >= 15 is 0 Å². The third kappa shape index (κ3) is 3.88. The van der Waals surface area contributed by atoms with E-state index < -0.39 is 0 Å². The first kappa shape index (κ1) is 20.9. The van der Waals surface area contributed by atoms with E-state index in [4.69, 9.17) is 19.5 Å². The van der Waals surface area contributed by atoms with Gasteiger partial charge in [0, 0.05) is 0 Å². The summed E-state index contributed by atoms with van der Waals surface area (Å²) in [6.45, 7) is 0. The highest BCUT2D eigenvalue weighted by Crippen LogP contribution is 2.50. The van der Waals surface area contributed by atoms with Crippen molar-refractivity contribution in [2.45, 2.75) is 93.9 Å². The number of ether oxygens (including phenoxy) is 2. The minimum atomic E-state index is -0.199. The van der Waals surface area contributed by atoms with Crippen LogP contribution in [0.5, 0.6) is 0 Å². The molecular weight excluding hydrogens is 408 g/mol. The zero-order chi connectivity index (χ0) is 22.1. The van der Waals surface area contributed by atoms with Crippen molar-refractivity contribution in [1.82, 2.24) is 0 Å². The predicted molar refractivity (Wildman–Crippen MR) is 132 cm³/mol. The van der Waals surface area contributed by atoms with Gasteiger partial charge in [0.15, 0.2) is 11.8 Å². The van der Waals surface area contributed by atoms with Gasteiger partial charge in [-0.05, 0) is 62.5 Å². The molecule has 0 radical (unpaired) electrons. The van der Waals surface area contributed by atoms with Crippen molar-refractivity contribution >= 4 is 11.8 Å². The molecule has 4 aliphatic rings. The molecule has 172 valence electrons. The molecule has 0 amide bonds. The van der Waals surface area contributed by atoms with Crippen LogP contribution in [-0.2, 0) is 9.47 Å². The van der Waals surface area contributed by atoms with Gasteiger partial charge >= 0.3 is 0 Å². The standard InChI is InChI=1S/C29H34N2O2/c1-5-13-22(14-6-1)26-28(17-9-3-10-18-28)32-24(30-26)21-25-31-27(23-15-7-2-8-16-23)29(33-25)19-11-4-12-20-29/h1-2,5-8,13-16,26-27H,3-4,9-12,17-21H2/t26-,27-/m0/s1. The van der Waals surface area contributed by atoms with E-state index in [-0.39, 0.29) is 23.3 Å². The van der Waals surface area contributed by atoms with Gasteiger partial charge in [-0.1, -0.05) is 73.5 Å². The zero-order valence-electron chi connectivity index (χ0n) is 19.4. The molecule has 4 heteroatoms. The van der Waals surface area contributed by atoms with Gasteiger partial charge in [0.25, 0.3) is 0 Å². The maximum atomic E-state index is 6.72. The van der Waals surface area contributed by atoms with Crippen LogP contribution in [0.1, 0.15) is 93.8 Å². The molecule has 4 nitrogen and oxygen atoms in total. The summed E-state index contributed by atoms with van der Waals surface area (Å²) in [5.74, 6) is 1.62. The molecule has 2 atom stereocenters. The Labute approximate surface area is 197 Å². The highest BCUT2D eigenvalue weighted by Gasteiger charge is 2.51. The molecule has 0 aromatic heterocycles. The molecular formula is C29H34N2O2. The molecule has 2 aliphatic heterocycles. The smallest absolute Gasteiger partial charge is 0.194 e. The van der Waals surface area contributed by atoms with Crippen LogP contribution in [0.4, 0.5) is 0 Å². The Bertz CT molecular complexity index is 935. The third-order valence-corrected chi connectivity index (χ3v) is 8.12. The summed E-state index contributed by atoms with van der Waals surface area (Å²) < 4.78 is 13.4. The van der Waals surface area contributed by atoms with Crippen molar-refractivity contribution < 1.29 is 9.47 Å². The topological polar surface area (TPSA) is 43.2 Å². The van der Waals surface area contributed by atoms with Crippen LogP contribution in [0.3, 0.4) is 0 Å². The molecule has 33 heavy (non-hydrogen) atoms. The molecule has 0 bridgehead atoms. The van der Waals surface area contributed by atoms with Crippen LogP contribution in [0.2, 0.25) is 0 Å². The van der Waals surface area contributed by atoms with Crippen LogP contribution in [0.25, 0.3) is 0 Å². The average molecular weight is 443 g/mol. The van der Waals surface area contributed by atoms with Gasteiger partial charge in [0.1, 0.15) is 23.3 Å². The fourth-order valence-corrected chi connectivity index (χ4v) is 6.53. The van der Waals surface area contributed by atoms with Gasteiger partial charge in [-0.3, -0.25) is 0 Å². The Hall–Kier alpha value is -2.62. The minimum absolute atomic E-state index is 0.0737. The molecule has 0 N–H and O–H groups in total. The van der Waals surface area contributed by atoms with E-state index in [2.05, 4.69) is 60.7 Å². The van der Waals surface area contributed by atoms with Crippen molar-refractivity contribution in [1.29, 1.82) is 0 Å². The monoisotopic (exact) mass is 442 g/mol. The first-order valence-corrected chi connectivity index (χ1v) is 12.9. The SMILES string of the molecule is c1ccc([C@@H]2N=C(CC3=N[C@@H](c4ccccc4)C4(CCCCC4)O3)OC23CCCCC3)cc1. The van der Waals surface area contributed by atoms with Gasteiger partial charge in [-0.15, -0.1) is 0 Å². The number of hydrogen-bond acceptors (Lipinski definition) is 4. The maximum Gasteiger partial charge on any atom is 0.194 e. The van der Waals surface area contributed by atoms with Crippen molar-refractivity contribution in [3.8, 4) is 0 Å². The molecule has 0 saturated heterocycles. The number of nitrogens with zero attached hydrogens (tertiary/aromatic N) is 2. The van der Waals surface area contributed by atoms with Crippen LogP contribution in [0, 0.1) is 0 Å². The van der Waals surface area contributed by atoms with Crippen LogP contribution in [0.15, 0.2) is 70.6 Å². The number of rotatable bonds is 4. The number of benzene rings is 2. The third-order valence-electron chi connectivity index (χ3n) is 8.12. The molecule has 2 aliphatic carbocycles. The Kier molecular flexibility index (Phi) is 5.48. The molecule has 2 aromatic carbocycles. The lowest BCUT2D eigenvalue weighted by molar-refractivity contribution is 0.0105. The first-order chi connectivity index (χ1) is 16.3. The zero-order valence-corrected chi connectivity index (χ0v) is 19.4. The lowest BCUT2D eigenvalue weighted by Crippen LogP contribution is -2.39. The Balaban J connectivity index is 1.29. The normalized spacial score (nSPS) is 27.6. The second kappa shape index (κ2) is 8.62. The Morgan fingerprint density at radius 1 is 0.576 bits per heavy atom. The van der Waals surface area contributed by atoms with Crippen molar-refractivity contribution in [2.24, 2.45) is 9.98 Å². The van der Waals surface area contributed by atoms with E-state index in [1.165, 1.54) is 49.7 Å². The quantitative estimate of drug-likeness (QED) is 0.506. The predicted octanol–water partition coefficient (Wildman–Crippen LogP) is 7.12. The lowest BCUT2D eigenvalue weighted by Gasteiger charge is -2.37. The van der Waals surface area contributed by atoms with Gasteiger partial charge in [-0.2, -0.15) is 0 Å². The summed E-state index contributed by atoms with van der Waals surface area (Å²) in [7, 11) is 0. The second-order valence-corrected chi connectivity index (χ2v) is 10.3. The lowest BCUT2D eigenvalue weighted by atomic mass is 9.77. The van der Waals surface area contributed by atoms with Gasteiger partial charge in [-0.25, -0.2) is 9.98 Å². The van der Waals surface area contributed by atoms with Gasteiger partial charge in [0.05, 0.1) is 6.42 Å². The second-order valence-electron chi connectivity index (χ2n) is 10.3. The first-order valence-electron chi connectivity index (χ1n) is 12.9. The molecule has 2 aromatic rings.